The number of hydrazine groups is 1. The second-order valence-electron chi connectivity index (χ2n) is 4.37. The minimum Gasteiger partial charge on any atom is -0.324 e. The van der Waals surface area contributed by atoms with Gasteiger partial charge in [0.1, 0.15) is 0 Å². The molecule has 1 amide bonds. The average molecular weight is 267 g/mol. The highest BCUT2D eigenvalue weighted by atomic mass is 16.2. The fraction of sp³-hybridized carbons (Fsp3) is 0.0714. The Morgan fingerprint density at radius 2 is 2.05 bits per heavy atom. The molecule has 0 bridgehead atoms. The number of nitrogen functional groups attached to an aromatic ring is 1. The number of pyridine rings is 1. The van der Waals surface area contributed by atoms with Crippen molar-refractivity contribution in [3.8, 4) is 0 Å². The molecule has 2 aromatic heterocycles. The molecule has 20 heavy (non-hydrogen) atoms. The molecule has 1 aromatic carbocycles. The molecular formula is C14H13N5O. The summed E-state index contributed by atoms with van der Waals surface area (Å²) in [5, 5.41) is 0. The van der Waals surface area contributed by atoms with Crippen molar-refractivity contribution in [1.29, 1.82) is 0 Å². The van der Waals surface area contributed by atoms with E-state index >= 15 is 0 Å². The van der Waals surface area contributed by atoms with E-state index in [9.17, 15) is 4.79 Å². The van der Waals surface area contributed by atoms with E-state index in [-0.39, 0.29) is 5.91 Å². The van der Waals surface area contributed by atoms with E-state index in [1.807, 2.05) is 28.8 Å². The molecule has 0 spiro atoms. The van der Waals surface area contributed by atoms with Crippen molar-refractivity contribution < 1.29 is 4.79 Å². The molecule has 100 valence electrons. The molecule has 0 aliphatic rings. The number of imidazole rings is 1. The normalized spacial score (nSPS) is 10.7. The van der Waals surface area contributed by atoms with Crippen LogP contribution < -0.4 is 11.3 Å². The molecule has 2 heterocycles. The van der Waals surface area contributed by atoms with Crippen LogP contribution in [0.1, 0.15) is 16.1 Å². The molecule has 0 atom stereocenters. The summed E-state index contributed by atoms with van der Waals surface area (Å²) in [6, 6.07) is 11.4. The first-order chi connectivity index (χ1) is 9.78. The summed E-state index contributed by atoms with van der Waals surface area (Å²) in [4.78, 5) is 19.9. The van der Waals surface area contributed by atoms with Gasteiger partial charge in [-0.05, 0) is 24.3 Å². The van der Waals surface area contributed by atoms with E-state index in [1.54, 1.807) is 18.5 Å². The monoisotopic (exact) mass is 267 g/mol. The van der Waals surface area contributed by atoms with Crippen LogP contribution in [0.5, 0.6) is 0 Å². The molecule has 3 N–H and O–H groups in total. The Labute approximate surface area is 115 Å². The van der Waals surface area contributed by atoms with Crippen LogP contribution in [0.4, 0.5) is 0 Å². The maximum atomic E-state index is 11.3. The topological polar surface area (TPSA) is 85.8 Å². The molecule has 3 aromatic rings. The van der Waals surface area contributed by atoms with E-state index < -0.39 is 0 Å². The fourth-order valence-electron chi connectivity index (χ4n) is 2.05. The van der Waals surface area contributed by atoms with Crippen molar-refractivity contribution in [2.45, 2.75) is 6.54 Å². The SMILES string of the molecule is NNC(=O)c1ccc(Cn2cnc3ccccc32)nc1. The molecule has 0 aliphatic carbocycles. The second kappa shape index (κ2) is 5.10. The van der Waals surface area contributed by atoms with Gasteiger partial charge in [-0.25, -0.2) is 10.8 Å². The average Bonchev–Trinajstić information content (AvgIpc) is 2.91. The maximum absolute atomic E-state index is 11.3. The Morgan fingerprint density at radius 1 is 1.20 bits per heavy atom. The highest BCUT2D eigenvalue weighted by Gasteiger charge is 2.06. The Kier molecular flexibility index (Phi) is 3.14. The fourth-order valence-corrected chi connectivity index (χ4v) is 2.05. The third-order valence-electron chi connectivity index (χ3n) is 3.08. The molecule has 0 saturated heterocycles. The van der Waals surface area contributed by atoms with E-state index in [2.05, 4.69) is 15.4 Å². The van der Waals surface area contributed by atoms with Crippen molar-refractivity contribution in [2.24, 2.45) is 5.84 Å². The molecule has 0 fully saturated rings. The Balaban J connectivity index is 1.86. The van der Waals surface area contributed by atoms with Crippen LogP contribution in [-0.2, 0) is 6.54 Å². The number of hydrogen-bond donors (Lipinski definition) is 2. The molecule has 0 radical (unpaired) electrons. The number of nitrogens with two attached hydrogens (primary N) is 1. The Hall–Kier alpha value is -2.73. The number of hydrogen-bond acceptors (Lipinski definition) is 4. The van der Waals surface area contributed by atoms with Crippen LogP contribution in [0.3, 0.4) is 0 Å². The molecule has 0 unspecified atom stereocenters. The van der Waals surface area contributed by atoms with Crippen molar-refractivity contribution in [3.05, 3.63) is 60.2 Å². The second-order valence-corrected chi connectivity index (χ2v) is 4.37. The number of carbonyl (C=O) groups is 1. The predicted octanol–water partition coefficient (Wildman–Crippen LogP) is 1.08. The number of rotatable bonds is 3. The van der Waals surface area contributed by atoms with Gasteiger partial charge in [0.25, 0.3) is 5.91 Å². The molecule has 6 heteroatoms. The number of fused-ring (bicyclic) bond motifs is 1. The van der Waals surface area contributed by atoms with Crippen LogP contribution in [0, 0.1) is 0 Å². The lowest BCUT2D eigenvalue weighted by atomic mass is 10.2. The quantitative estimate of drug-likeness (QED) is 0.422. The molecular weight excluding hydrogens is 254 g/mol. The lowest BCUT2D eigenvalue weighted by molar-refractivity contribution is 0.0953. The lowest BCUT2D eigenvalue weighted by Crippen LogP contribution is -2.30. The number of benzene rings is 1. The van der Waals surface area contributed by atoms with Gasteiger partial charge in [0.2, 0.25) is 0 Å². The van der Waals surface area contributed by atoms with Gasteiger partial charge in [-0.15, -0.1) is 0 Å². The molecule has 0 aliphatic heterocycles. The van der Waals surface area contributed by atoms with Crippen LogP contribution in [0.15, 0.2) is 48.9 Å². The Bertz CT molecular complexity index is 748. The first-order valence-electron chi connectivity index (χ1n) is 6.13. The third kappa shape index (κ3) is 2.24. The van der Waals surface area contributed by atoms with Gasteiger partial charge in [-0.1, -0.05) is 12.1 Å². The number of carbonyl (C=O) groups excluding carboxylic acids is 1. The summed E-state index contributed by atoms with van der Waals surface area (Å²) in [6.07, 6.45) is 3.30. The molecule has 3 rings (SSSR count). The molecule has 6 nitrogen and oxygen atoms in total. The van der Waals surface area contributed by atoms with Crippen molar-refractivity contribution in [3.63, 3.8) is 0 Å². The zero-order valence-corrected chi connectivity index (χ0v) is 10.7. The van der Waals surface area contributed by atoms with Crippen LogP contribution in [-0.4, -0.2) is 20.4 Å². The summed E-state index contributed by atoms with van der Waals surface area (Å²) in [6.45, 7) is 0.602. The smallest absolute Gasteiger partial charge is 0.266 e. The standard InChI is InChI=1S/C14H13N5O/c15-18-14(20)10-5-6-11(16-7-10)8-19-9-17-12-3-1-2-4-13(12)19/h1-7,9H,8,15H2,(H,18,20). The van der Waals surface area contributed by atoms with Gasteiger partial charge in [0.15, 0.2) is 0 Å². The van der Waals surface area contributed by atoms with Crippen LogP contribution in [0.25, 0.3) is 11.0 Å². The number of nitrogens with zero attached hydrogens (tertiary/aromatic N) is 3. The number of amides is 1. The number of aromatic nitrogens is 3. The van der Waals surface area contributed by atoms with Crippen LogP contribution >= 0.6 is 0 Å². The number of para-hydroxylation sites is 2. The van der Waals surface area contributed by atoms with Gasteiger partial charge in [0.05, 0.1) is 35.2 Å². The summed E-state index contributed by atoms with van der Waals surface area (Å²) >= 11 is 0. The van der Waals surface area contributed by atoms with E-state index in [4.69, 9.17) is 5.84 Å². The summed E-state index contributed by atoms with van der Waals surface area (Å²) in [5.74, 6) is 4.72. The maximum Gasteiger partial charge on any atom is 0.266 e. The highest BCUT2D eigenvalue weighted by molar-refractivity contribution is 5.93. The lowest BCUT2D eigenvalue weighted by Gasteiger charge is -2.05. The minimum atomic E-state index is -0.350. The first-order valence-corrected chi connectivity index (χ1v) is 6.13. The van der Waals surface area contributed by atoms with Gasteiger partial charge in [-0.2, -0.15) is 0 Å². The van der Waals surface area contributed by atoms with E-state index in [1.165, 1.54) is 6.20 Å². The zero-order valence-electron chi connectivity index (χ0n) is 10.7. The van der Waals surface area contributed by atoms with E-state index in [0.717, 1.165) is 16.7 Å². The summed E-state index contributed by atoms with van der Waals surface area (Å²) in [5.41, 5.74) is 5.37. The van der Waals surface area contributed by atoms with Gasteiger partial charge in [0, 0.05) is 6.20 Å². The summed E-state index contributed by atoms with van der Waals surface area (Å²) in [7, 11) is 0. The largest absolute Gasteiger partial charge is 0.324 e. The van der Waals surface area contributed by atoms with Gasteiger partial charge < -0.3 is 4.57 Å². The van der Waals surface area contributed by atoms with Crippen LogP contribution in [0.2, 0.25) is 0 Å². The Morgan fingerprint density at radius 3 is 2.80 bits per heavy atom. The highest BCUT2D eigenvalue weighted by Crippen LogP contribution is 2.13. The van der Waals surface area contributed by atoms with Gasteiger partial charge >= 0.3 is 0 Å². The third-order valence-corrected chi connectivity index (χ3v) is 3.08. The van der Waals surface area contributed by atoms with E-state index in [0.29, 0.717) is 12.1 Å². The van der Waals surface area contributed by atoms with Crippen molar-refractivity contribution in [2.75, 3.05) is 0 Å². The summed E-state index contributed by atoms with van der Waals surface area (Å²) < 4.78 is 2.01. The first kappa shape index (κ1) is 12.3. The minimum absolute atomic E-state index is 0.350. The van der Waals surface area contributed by atoms with Gasteiger partial charge in [-0.3, -0.25) is 15.2 Å². The predicted molar refractivity (Wildman–Crippen MR) is 74.7 cm³/mol. The number of nitrogens with one attached hydrogen (secondary N) is 1. The molecule has 0 saturated carbocycles. The van der Waals surface area contributed by atoms with Crippen molar-refractivity contribution >= 4 is 16.9 Å². The zero-order chi connectivity index (χ0) is 13.9. The van der Waals surface area contributed by atoms with Crippen molar-refractivity contribution in [1.82, 2.24) is 20.0 Å².